The first-order valence-corrected chi connectivity index (χ1v) is 11.8. The van der Waals surface area contributed by atoms with E-state index < -0.39 is 5.97 Å². The molecule has 2 aliphatic rings. The number of aromatic carboxylic acids is 1. The van der Waals surface area contributed by atoms with Gasteiger partial charge in [0.1, 0.15) is 0 Å². The third kappa shape index (κ3) is 4.86. The number of allylic oxidation sites excluding steroid dienone is 3. The molecule has 3 nitrogen and oxygen atoms in total. The van der Waals surface area contributed by atoms with Gasteiger partial charge in [-0.1, -0.05) is 83.2 Å². The highest BCUT2D eigenvalue weighted by Crippen LogP contribution is 2.61. The molecule has 0 spiro atoms. The monoisotopic (exact) mass is 422 g/mol. The molecule has 1 N–H and O–H groups in total. The lowest BCUT2D eigenvalue weighted by Crippen LogP contribution is -2.28. The minimum absolute atomic E-state index is 0.175. The first-order chi connectivity index (χ1) is 14.5. The Hall–Kier alpha value is -2.16. The van der Waals surface area contributed by atoms with Gasteiger partial charge in [-0.05, 0) is 66.7 Å². The van der Waals surface area contributed by atoms with Gasteiger partial charge in [-0.25, -0.2) is 4.79 Å². The second-order valence-electron chi connectivity index (χ2n) is 10.9. The Morgan fingerprint density at radius 2 is 1.48 bits per heavy atom. The average Bonchev–Trinajstić information content (AvgIpc) is 3.14. The van der Waals surface area contributed by atoms with Crippen LogP contribution in [0.25, 0.3) is 6.08 Å². The van der Waals surface area contributed by atoms with Crippen LogP contribution in [0.15, 0.2) is 41.5 Å². The van der Waals surface area contributed by atoms with E-state index in [1.807, 2.05) is 6.08 Å². The van der Waals surface area contributed by atoms with Crippen LogP contribution in [0.3, 0.4) is 0 Å². The number of unbranched alkanes of at least 4 members (excludes halogenated alkanes) is 2. The van der Waals surface area contributed by atoms with Crippen molar-refractivity contribution in [1.82, 2.24) is 0 Å². The summed E-state index contributed by atoms with van der Waals surface area (Å²) in [6.07, 6.45) is 12.1. The fourth-order valence-corrected chi connectivity index (χ4v) is 5.45. The molecule has 1 aromatic carbocycles. The number of carbonyl (C=O) groups is 2. The summed E-state index contributed by atoms with van der Waals surface area (Å²) < 4.78 is 0. The van der Waals surface area contributed by atoms with Crippen LogP contribution in [0.5, 0.6) is 0 Å². The van der Waals surface area contributed by atoms with Crippen LogP contribution in [-0.4, -0.2) is 16.9 Å². The summed E-state index contributed by atoms with van der Waals surface area (Å²) in [5, 5.41) is 9.08. The molecule has 168 valence electrons. The van der Waals surface area contributed by atoms with E-state index in [1.54, 1.807) is 30.3 Å². The van der Waals surface area contributed by atoms with Gasteiger partial charge in [0.05, 0.1) is 5.56 Å². The summed E-state index contributed by atoms with van der Waals surface area (Å²) in [6, 6.07) is 6.71. The predicted octanol–water partition coefficient (Wildman–Crippen LogP) is 7.47. The molecule has 2 aliphatic carbocycles. The molecule has 0 saturated carbocycles. The highest BCUT2D eigenvalue weighted by atomic mass is 16.4. The Labute approximate surface area is 187 Å². The van der Waals surface area contributed by atoms with Gasteiger partial charge in [-0.2, -0.15) is 0 Å². The molecule has 3 rings (SSSR count). The fraction of sp³-hybridized carbons (Fsp3) is 0.571. The van der Waals surface area contributed by atoms with Crippen molar-refractivity contribution >= 4 is 17.8 Å². The molecule has 3 heteroatoms. The smallest absolute Gasteiger partial charge is 0.335 e. The Bertz CT molecular complexity index is 869. The largest absolute Gasteiger partial charge is 0.478 e. The van der Waals surface area contributed by atoms with Crippen molar-refractivity contribution in [3.63, 3.8) is 0 Å². The average molecular weight is 423 g/mol. The van der Waals surface area contributed by atoms with Gasteiger partial charge < -0.3 is 5.11 Å². The second-order valence-corrected chi connectivity index (χ2v) is 10.9. The molecule has 0 atom stereocenters. The predicted molar refractivity (Wildman–Crippen MR) is 127 cm³/mol. The Kier molecular flexibility index (Phi) is 6.64. The quantitative estimate of drug-likeness (QED) is 0.268. The van der Waals surface area contributed by atoms with E-state index in [0.29, 0.717) is 0 Å². The van der Waals surface area contributed by atoms with E-state index in [0.717, 1.165) is 44.1 Å². The Morgan fingerprint density at radius 3 is 1.97 bits per heavy atom. The first-order valence-electron chi connectivity index (χ1n) is 11.8. The third-order valence-electron chi connectivity index (χ3n) is 7.77. The van der Waals surface area contributed by atoms with Gasteiger partial charge in [-0.15, -0.1) is 0 Å². The van der Waals surface area contributed by atoms with Gasteiger partial charge in [0.2, 0.25) is 0 Å². The van der Waals surface area contributed by atoms with Crippen molar-refractivity contribution in [1.29, 1.82) is 0 Å². The molecular formula is C28H38O3. The zero-order chi connectivity index (χ0) is 22.9. The molecule has 0 aromatic heterocycles. The summed E-state index contributed by atoms with van der Waals surface area (Å²) in [5.41, 5.74) is 4.22. The van der Waals surface area contributed by atoms with E-state index in [9.17, 15) is 9.59 Å². The molecule has 0 saturated heterocycles. The molecule has 0 amide bonds. The molecule has 0 heterocycles. The molecule has 0 unspecified atom stereocenters. The van der Waals surface area contributed by atoms with Crippen LogP contribution in [0.2, 0.25) is 0 Å². The highest BCUT2D eigenvalue weighted by Gasteiger charge is 2.51. The van der Waals surface area contributed by atoms with Crippen molar-refractivity contribution in [2.45, 2.75) is 86.0 Å². The topological polar surface area (TPSA) is 54.4 Å². The third-order valence-corrected chi connectivity index (χ3v) is 7.77. The van der Waals surface area contributed by atoms with Crippen LogP contribution >= 0.6 is 0 Å². The van der Waals surface area contributed by atoms with E-state index in [1.165, 1.54) is 24.0 Å². The lowest BCUT2D eigenvalue weighted by atomic mass is 9.64. The van der Waals surface area contributed by atoms with Gasteiger partial charge in [-0.3, -0.25) is 4.79 Å². The van der Waals surface area contributed by atoms with Crippen molar-refractivity contribution < 1.29 is 14.7 Å². The summed E-state index contributed by atoms with van der Waals surface area (Å²) in [7, 11) is 0. The number of hydrogen-bond donors (Lipinski definition) is 1. The zero-order valence-electron chi connectivity index (χ0n) is 19.9. The number of carboxylic acid groups (broad SMARTS) is 1. The summed E-state index contributed by atoms with van der Waals surface area (Å²) in [6.45, 7) is 11.6. The van der Waals surface area contributed by atoms with E-state index in [4.69, 9.17) is 5.11 Å². The number of rotatable bonds is 8. The number of benzene rings is 1. The standard InChI is InChI=1S/C28H38O3/c1-6-7-8-15-28(18-22-23(19-28)27(4,5)17-16-26(22,2)3)24(29)14-11-20-9-12-21(13-10-20)25(30)31/h9-14H,6-8,15-19H2,1-5H3,(H,30,31)/b14-11+. The van der Waals surface area contributed by atoms with Gasteiger partial charge in [0.15, 0.2) is 5.78 Å². The second kappa shape index (κ2) is 8.76. The van der Waals surface area contributed by atoms with Crippen LogP contribution in [0.1, 0.15) is 102 Å². The lowest BCUT2D eigenvalue weighted by molar-refractivity contribution is -0.123. The number of carboxylic acids is 1. The number of ketones is 1. The SMILES string of the molecule is CCCCCC1(C(=O)/C=C/c2ccc(C(=O)O)cc2)CC2=C(C1)C(C)(C)CCC2(C)C. The molecule has 31 heavy (non-hydrogen) atoms. The lowest BCUT2D eigenvalue weighted by Gasteiger charge is -2.41. The van der Waals surface area contributed by atoms with Gasteiger partial charge in [0, 0.05) is 5.41 Å². The normalized spacial score (nSPS) is 21.3. The van der Waals surface area contributed by atoms with Crippen LogP contribution < -0.4 is 0 Å². The van der Waals surface area contributed by atoms with Crippen molar-refractivity contribution in [3.05, 3.63) is 52.6 Å². The van der Waals surface area contributed by atoms with Gasteiger partial charge >= 0.3 is 5.97 Å². The number of carbonyl (C=O) groups excluding carboxylic acids is 1. The maximum absolute atomic E-state index is 13.7. The van der Waals surface area contributed by atoms with Crippen molar-refractivity contribution in [2.75, 3.05) is 0 Å². The fourth-order valence-electron chi connectivity index (χ4n) is 5.45. The maximum Gasteiger partial charge on any atom is 0.335 e. The summed E-state index contributed by atoms with van der Waals surface area (Å²) in [5.74, 6) is -0.707. The van der Waals surface area contributed by atoms with Crippen LogP contribution in [0.4, 0.5) is 0 Å². The van der Waals surface area contributed by atoms with Crippen LogP contribution in [0, 0.1) is 16.2 Å². The molecule has 0 radical (unpaired) electrons. The molecule has 0 fully saturated rings. The molecule has 0 aliphatic heterocycles. The number of hydrogen-bond acceptors (Lipinski definition) is 2. The Balaban J connectivity index is 1.87. The minimum Gasteiger partial charge on any atom is -0.478 e. The maximum atomic E-state index is 13.7. The highest BCUT2D eigenvalue weighted by molar-refractivity contribution is 5.99. The minimum atomic E-state index is -0.936. The van der Waals surface area contributed by atoms with Crippen molar-refractivity contribution in [2.24, 2.45) is 16.2 Å². The Morgan fingerprint density at radius 1 is 0.935 bits per heavy atom. The summed E-state index contributed by atoms with van der Waals surface area (Å²) >= 11 is 0. The summed E-state index contributed by atoms with van der Waals surface area (Å²) in [4.78, 5) is 24.7. The molecule has 0 bridgehead atoms. The first kappa shape index (κ1) is 23.5. The van der Waals surface area contributed by atoms with E-state index in [-0.39, 0.29) is 27.6 Å². The zero-order valence-corrected chi connectivity index (χ0v) is 19.9. The van der Waals surface area contributed by atoms with Crippen LogP contribution in [-0.2, 0) is 4.79 Å². The molecule has 1 aromatic rings. The van der Waals surface area contributed by atoms with E-state index >= 15 is 0 Å². The molecular weight excluding hydrogens is 384 g/mol. The van der Waals surface area contributed by atoms with Crippen molar-refractivity contribution in [3.8, 4) is 0 Å². The van der Waals surface area contributed by atoms with Gasteiger partial charge in [0.25, 0.3) is 0 Å². The van der Waals surface area contributed by atoms with E-state index in [2.05, 4.69) is 34.6 Å².